The highest BCUT2D eigenvalue weighted by atomic mass is 33.1. The Morgan fingerprint density at radius 3 is 2.22 bits per heavy atom. The zero-order chi connectivity index (χ0) is 26.8. The molecule has 4 atom stereocenters. The molecule has 2 aliphatic rings. The first-order valence-corrected chi connectivity index (χ1v) is 14.8. The molecule has 2 saturated heterocycles. The molecule has 0 aromatic heterocycles. The molecule has 0 radical (unpaired) electrons. The number of carbonyl (C=O) groups excluding carboxylic acids is 5. The quantitative estimate of drug-likeness (QED) is 0.234. The van der Waals surface area contributed by atoms with Crippen molar-refractivity contribution in [1.82, 2.24) is 21.3 Å². The molecule has 4 N–H and O–H groups in total. The molecule has 0 aromatic carbocycles. The fraction of sp³-hybridized carbons (Fsp3) is 0.708. The average Bonchev–Trinajstić information content (AvgIpc) is 2.81. The van der Waals surface area contributed by atoms with Crippen molar-refractivity contribution in [2.24, 2.45) is 11.8 Å². The third kappa shape index (κ3) is 9.02. The van der Waals surface area contributed by atoms with Gasteiger partial charge in [-0.2, -0.15) is 0 Å². The molecule has 2 bridgehead atoms. The summed E-state index contributed by atoms with van der Waals surface area (Å²) in [6.45, 7) is 8.73. The maximum Gasteiger partial charge on any atom is 0.329 e. The van der Waals surface area contributed by atoms with Crippen molar-refractivity contribution in [3.05, 3.63) is 11.8 Å². The number of ether oxygens (including phenoxy) is 1. The van der Waals surface area contributed by atoms with Gasteiger partial charge in [-0.1, -0.05) is 55.4 Å². The average molecular weight is 543 g/mol. The molecule has 1 unspecified atom stereocenters. The van der Waals surface area contributed by atoms with Crippen LogP contribution in [0.1, 0.15) is 60.3 Å². The summed E-state index contributed by atoms with van der Waals surface area (Å²) in [4.78, 5) is 65.3. The van der Waals surface area contributed by atoms with Crippen molar-refractivity contribution in [2.75, 3.05) is 11.5 Å². The number of esters is 1. The molecule has 12 heteroatoms. The number of hydrogen-bond donors (Lipinski definition) is 4. The third-order valence-electron chi connectivity index (χ3n) is 5.91. The maximum atomic E-state index is 13.2. The second-order valence-electron chi connectivity index (χ2n) is 9.60. The molecule has 0 aromatic rings. The summed E-state index contributed by atoms with van der Waals surface area (Å²) in [6, 6.07) is -2.79. The molecule has 4 amide bonds. The van der Waals surface area contributed by atoms with Gasteiger partial charge in [-0.05, 0) is 38.0 Å². The number of hydrogen-bond acceptors (Lipinski definition) is 8. The highest BCUT2D eigenvalue weighted by Gasteiger charge is 2.34. The van der Waals surface area contributed by atoms with Crippen molar-refractivity contribution in [3.8, 4) is 0 Å². The largest absolute Gasteiger partial charge is 0.460 e. The van der Waals surface area contributed by atoms with Gasteiger partial charge in [0.15, 0.2) is 0 Å². The van der Waals surface area contributed by atoms with Crippen LogP contribution < -0.4 is 21.3 Å². The van der Waals surface area contributed by atoms with Crippen LogP contribution >= 0.6 is 21.6 Å². The maximum absolute atomic E-state index is 13.2. The molecule has 0 aliphatic carbocycles. The zero-order valence-electron chi connectivity index (χ0n) is 21.6. The van der Waals surface area contributed by atoms with E-state index >= 15 is 0 Å². The summed E-state index contributed by atoms with van der Waals surface area (Å²) in [5.74, 6) is -2.24. The zero-order valence-corrected chi connectivity index (χ0v) is 23.2. The highest BCUT2D eigenvalue weighted by molar-refractivity contribution is 8.76. The summed E-state index contributed by atoms with van der Waals surface area (Å²) >= 11 is 0. The lowest BCUT2D eigenvalue weighted by atomic mass is 10.0. The first-order chi connectivity index (χ1) is 17.0. The van der Waals surface area contributed by atoms with Crippen LogP contribution in [0, 0.1) is 11.8 Å². The number of amides is 4. The highest BCUT2D eigenvalue weighted by Crippen LogP contribution is 2.25. The summed E-state index contributed by atoms with van der Waals surface area (Å²) in [7, 11) is 3.03. The normalized spacial score (nSPS) is 29.2. The van der Waals surface area contributed by atoms with Gasteiger partial charge in [0, 0.05) is 11.5 Å². The van der Waals surface area contributed by atoms with Crippen molar-refractivity contribution >= 4 is 51.2 Å². The number of fused-ring (bicyclic) bond motifs is 7. The Balaban J connectivity index is 2.52. The molecule has 0 saturated carbocycles. The fourth-order valence-corrected chi connectivity index (χ4v) is 6.07. The van der Waals surface area contributed by atoms with Crippen molar-refractivity contribution in [2.45, 2.75) is 84.5 Å². The second kappa shape index (κ2) is 14.5. The molecule has 2 heterocycles. The molecule has 2 rings (SSSR count). The molecular formula is C24H38N4O6S2. The van der Waals surface area contributed by atoms with E-state index in [-0.39, 0.29) is 29.7 Å². The van der Waals surface area contributed by atoms with Crippen molar-refractivity contribution < 1.29 is 28.7 Å². The second-order valence-corrected chi connectivity index (χ2v) is 12.2. The van der Waals surface area contributed by atoms with Crippen LogP contribution in [0.25, 0.3) is 0 Å². The monoisotopic (exact) mass is 542 g/mol. The van der Waals surface area contributed by atoms with Gasteiger partial charge in [0.05, 0.1) is 6.42 Å². The Morgan fingerprint density at radius 2 is 1.58 bits per heavy atom. The molecule has 10 nitrogen and oxygen atoms in total. The van der Waals surface area contributed by atoms with Crippen LogP contribution in [0.2, 0.25) is 0 Å². The van der Waals surface area contributed by atoms with E-state index < -0.39 is 53.8 Å². The molecule has 2 fully saturated rings. The van der Waals surface area contributed by atoms with E-state index in [9.17, 15) is 24.0 Å². The van der Waals surface area contributed by atoms with Crippen LogP contribution in [0.4, 0.5) is 0 Å². The lowest BCUT2D eigenvalue weighted by Crippen LogP contribution is -2.57. The Morgan fingerprint density at radius 1 is 0.889 bits per heavy atom. The summed E-state index contributed by atoms with van der Waals surface area (Å²) in [5.41, 5.74) is -0.0305. The predicted molar refractivity (Wildman–Crippen MR) is 141 cm³/mol. The van der Waals surface area contributed by atoms with Gasteiger partial charge in [0.1, 0.15) is 29.9 Å². The number of carbonyl (C=O) groups is 5. The van der Waals surface area contributed by atoms with Gasteiger partial charge in [-0.25, -0.2) is 4.79 Å². The summed E-state index contributed by atoms with van der Waals surface area (Å²) < 4.78 is 5.74. The first kappa shape index (κ1) is 30.0. The van der Waals surface area contributed by atoms with E-state index in [1.54, 1.807) is 45.4 Å². The van der Waals surface area contributed by atoms with Gasteiger partial charge in [0.2, 0.25) is 17.7 Å². The molecule has 2 aliphatic heterocycles. The van der Waals surface area contributed by atoms with Crippen molar-refractivity contribution in [3.63, 3.8) is 0 Å². The molecule has 36 heavy (non-hydrogen) atoms. The minimum Gasteiger partial charge on any atom is -0.460 e. The Hall–Kier alpha value is -2.21. The van der Waals surface area contributed by atoms with E-state index in [1.165, 1.54) is 16.9 Å². The molecule has 202 valence electrons. The number of nitrogens with one attached hydrogen (secondary N) is 4. The standard InChI is InChI=1S/C24H38N4O6S2/c1-6-16-21(30)28-20(14(4)5)24(33)34-15-9-7-8-10-35-36-12-17(22(31)25-16)26-23(32)19(13(2)3)27-18(29)11-15/h6,13-15,17,19-20H,7-12H2,1-5H3,(H,25,31)(H,26,32)(H,27,29)(H,28,30)/b16-6+/t15?,17-,19-,20-/m1/s1. The summed E-state index contributed by atoms with van der Waals surface area (Å²) in [5, 5.41) is 10.8. The fourth-order valence-electron chi connectivity index (χ4n) is 3.76. The molecule has 0 spiro atoms. The van der Waals surface area contributed by atoms with Crippen LogP contribution in [0.3, 0.4) is 0 Å². The lowest BCUT2D eigenvalue weighted by molar-refractivity contribution is -0.156. The summed E-state index contributed by atoms with van der Waals surface area (Å²) in [6.07, 6.45) is 2.68. The van der Waals surface area contributed by atoms with Gasteiger partial charge in [-0.15, -0.1) is 0 Å². The van der Waals surface area contributed by atoms with E-state index in [2.05, 4.69) is 21.3 Å². The van der Waals surface area contributed by atoms with Crippen LogP contribution in [0.15, 0.2) is 11.8 Å². The van der Waals surface area contributed by atoms with Crippen LogP contribution in [-0.4, -0.2) is 65.3 Å². The minimum atomic E-state index is -0.969. The number of rotatable bonds is 2. The Kier molecular flexibility index (Phi) is 12.1. The predicted octanol–water partition coefficient (Wildman–Crippen LogP) is 1.65. The molecular weight excluding hydrogens is 504 g/mol. The first-order valence-electron chi connectivity index (χ1n) is 12.4. The van der Waals surface area contributed by atoms with E-state index in [1.807, 2.05) is 0 Å². The Labute approximate surface area is 220 Å². The van der Waals surface area contributed by atoms with E-state index in [0.717, 1.165) is 18.6 Å². The van der Waals surface area contributed by atoms with Crippen LogP contribution in [0.5, 0.6) is 0 Å². The van der Waals surface area contributed by atoms with Crippen molar-refractivity contribution in [1.29, 1.82) is 0 Å². The SMILES string of the molecule is C/C=C1/NC(=O)[C@H]2CSSCCCCC(CC(=O)N[C@H](C(C)C)C(=O)N2)OC(=O)[C@@H](C(C)C)NC1=O. The smallest absolute Gasteiger partial charge is 0.329 e. The van der Waals surface area contributed by atoms with Gasteiger partial charge in [0.25, 0.3) is 5.91 Å². The minimum absolute atomic E-state index is 0.0305. The Bertz CT molecular complexity index is 864. The third-order valence-corrected chi connectivity index (χ3v) is 8.41. The lowest BCUT2D eigenvalue weighted by Gasteiger charge is -2.28. The van der Waals surface area contributed by atoms with Crippen LogP contribution in [-0.2, 0) is 28.7 Å². The van der Waals surface area contributed by atoms with E-state index in [4.69, 9.17) is 4.74 Å². The topological polar surface area (TPSA) is 143 Å². The van der Waals surface area contributed by atoms with Gasteiger partial charge in [-0.3, -0.25) is 19.2 Å². The van der Waals surface area contributed by atoms with Gasteiger partial charge < -0.3 is 26.0 Å². The van der Waals surface area contributed by atoms with Gasteiger partial charge >= 0.3 is 5.97 Å². The van der Waals surface area contributed by atoms with E-state index in [0.29, 0.717) is 6.42 Å². The number of allylic oxidation sites excluding steroid dienone is 1.